The van der Waals surface area contributed by atoms with Crippen LogP contribution >= 0.6 is 0 Å². The molecule has 0 saturated heterocycles. The molecule has 0 fully saturated rings. The predicted octanol–water partition coefficient (Wildman–Crippen LogP) is 2.63. The van der Waals surface area contributed by atoms with E-state index in [1.807, 2.05) is 12.1 Å². The molecule has 1 atom stereocenters. The molecule has 1 unspecified atom stereocenters. The van der Waals surface area contributed by atoms with Gasteiger partial charge in [-0.15, -0.1) is 0 Å². The van der Waals surface area contributed by atoms with Gasteiger partial charge in [0.15, 0.2) is 0 Å². The van der Waals surface area contributed by atoms with Gasteiger partial charge in [-0.2, -0.15) is 0 Å². The summed E-state index contributed by atoms with van der Waals surface area (Å²) in [4.78, 5) is 12.0. The maximum absolute atomic E-state index is 12.0. The summed E-state index contributed by atoms with van der Waals surface area (Å²) in [5, 5.41) is 6.32. The van der Waals surface area contributed by atoms with Crippen molar-refractivity contribution in [2.24, 2.45) is 11.8 Å². The Morgan fingerprint density at radius 1 is 1.31 bits per heavy atom. The van der Waals surface area contributed by atoms with Crippen molar-refractivity contribution in [1.29, 1.82) is 0 Å². The zero-order valence-corrected chi connectivity index (χ0v) is 10.0. The van der Waals surface area contributed by atoms with Crippen molar-refractivity contribution in [3.8, 4) is 0 Å². The maximum atomic E-state index is 12.0. The minimum absolute atomic E-state index is 0.0349. The fourth-order valence-electron chi connectivity index (χ4n) is 1.99. The molecule has 3 heteroatoms. The molecule has 86 valence electrons. The minimum Gasteiger partial charge on any atom is -0.383 e. The van der Waals surface area contributed by atoms with Crippen LogP contribution in [0, 0.1) is 18.8 Å². The molecule has 0 radical (unpaired) electrons. The van der Waals surface area contributed by atoms with Crippen LogP contribution in [0.25, 0.3) is 0 Å². The Labute approximate surface area is 96.2 Å². The Morgan fingerprint density at radius 3 is 2.75 bits per heavy atom. The van der Waals surface area contributed by atoms with E-state index in [-0.39, 0.29) is 11.8 Å². The number of carbonyl (C=O) groups excluding carboxylic acids is 1. The monoisotopic (exact) mass is 218 g/mol. The highest BCUT2D eigenvalue weighted by molar-refractivity contribution is 5.97. The summed E-state index contributed by atoms with van der Waals surface area (Å²) in [5.74, 6) is 0.501. The summed E-state index contributed by atoms with van der Waals surface area (Å²) < 4.78 is 0. The summed E-state index contributed by atoms with van der Waals surface area (Å²) in [6, 6.07) is 6.03. The second-order valence-electron chi connectivity index (χ2n) is 4.77. The molecule has 1 aromatic rings. The van der Waals surface area contributed by atoms with E-state index >= 15 is 0 Å². The van der Waals surface area contributed by atoms with E-state index < -0.39 is 0 Å². The van der Waals surface area contributed by atoms with E-state index in [1.54, 1.807) is 0 Å². The molecule has 0 aliphatic carbocycles. The number of fused-ring (bicyclic) bond motifs is 1. The van der Waals surface area contributed by atoms with Crippen LogP contribution in [-0.2, 0) is 4.79 Å². The van der Waals surface area contributed by atoms with Gasteiger partial charge in [-0.3, -0.25) is 4.79 Å². The molecular weight excluding hydrogens is 200 g/mol. The zero-order valence-electron chi connectivity index (χ0n) is 10.0. The third kappa shape index (κ3) is 2.03. The molecule has 3 nitrogen and oxygen atoms in total. The molecule has 0 aromatic heterocycles. The molecule has 0 spiro atoms. The Bertz CT molecular complexity index is 412. The lowest BCUT2D eigenvalue weighted by Gasteiger charge is -2.16. The van der Waals surface area contributed by atoms with Gasteiger partial charge in [0.05, 0.1) is 17.3 Å². The second kappa shape index (κ2) is 4.16. The van der Waals surface area contributed by atoms with Crippen molar-refractivity contribution in [2.45, 2.75) is 20.8 Å². The van der Waals surface area contributed by atoms with Crippen LogP contribution in [0.3, 0.4) is 0 Å². The van der Waals surface area contributed by atoms with Gasteiger partial charge in [0.2, 0.25) is 5.91 Å². The van der Waals surface area contributed by atoms with Crippen LogP contribution in [0.5, 0.6) is 0 Å². The van der Waals surface area contributed by atoms with Crippen LogP contribution in [0.1, 0.15) is 19.4 Å². The molecule has 16 heavy (non-hydrogen) atoms. The van der Waals surface area contributed by atoms with Gasteiger partial charge in [-0.1, -0.05) is 19.9 Å². The van der Waals surface area contributed by atoms with Crippen molar-refractivity contribution in [3.63, 3.8) is 0 Å². The highest BCUT2D eigenvalue weighted by Gasteiger charge is 2.25. The number of rotatable bonds is 1. The van der Waals surface area contributed by atoms with Crippen molar-refractivity contribution in [2.75, 3.05) is 17.2 Å². The number of nitrogens with one attached hydrogen (secondary N) is 2. The van der Waals surface area contributed by atoms with E-state index in [2.05, 4.69) is 37.5 Å². The quantitative estimate of drug-likeness (QED) is 0.760. The average molecular weight is 218 g/mol. The van der Waals surface area contributed by atoms with Crippen molar-refractivity contribution in [3.05, 3.63) is 23.8 Å². The molecule has 1 aliphatic heterocycles. The van der Waals surface area contributed by atoms with E-state index in [4.69, 9.17) is 0 Å². The number of aryl methyl sites for hydroxylation is 1. The van der Waals surface area contributed by atoms with Gasteiger partial charge >= 0.3 is 0 Å². The van der Waals surface area contributed by atoms with Gasteiger partial charge in [-0.05, 0) is 30.5 Å². The first-order chi connectivity index (χ1) is 7.58. The van der Waals surface area contributed by atoms with Gasteiger partial charge in [-0.25, -0.2) is 0 Å². The van der Waals surface area contributed by atoms with E-state index in [1.165, 1.54) is 5.56 Å². The molecule has 1 aliphatic rings. The lowest BCUT2D eigenvalue weighted by Crippen LogP contribution is -2.29. The zero-order chi connectivity index (χ0) is 11.7. The van der Waals surface area contributed by atoms with Crippen molar-refractivity contribution < 1.29 is 4.79 Å². The summed E-state index contributed by atoms with van der Waals surface area (Å²) in [7, 11) is 0. The van der Waals surface area contributed by atoms with Crippen LogP contribution in [0.15, 0.2) is 18.2 Å². The fraction of sp³-hybridized carbons (Fsp3) is 0.462. The van der Waals surface area contributed by atoms with Crippen molar-refractivity contribution >= 4 is 17.3 Å². The number of carbonyl (C=O) groups is 1. The smallest absolute Gasteiger partial charge is 0.229 e. The summed E-state index contributed by atoms with van der Waals surface area (Å²) >= 11 is 0. The fourth-order valence-corrected chi connectivity index (χ4v) is 1.99. The number of anilines is 2. The summed E-state index contributed by atoms with van der Waals surface area (Å²) in [6.45, 7) is 6.91. The predicted molar refractivity (Wildman–Crippen MR) is 66.6 cm³/mol. The molecule has 0 saturated carbocycles. The molecule has 0 bridgehead atoms. The van der Waals surface area contributed by atoms with Gasteiger partial charge in [0.25, 0.3) is 0 Å². The van der Waals surface area contributed by atoms with E-state index in [0.717, 1.165) is 11.4 Å². The standard InChI is InChI=1S/C13H18N2O/c1-8(2)10-7-14-12-6-9(3)4-5-11(12)15-13(10)16/h4-6,8,10,14H,7H2,1-3H3,(H,15,16). The topological polar surface area (TPSA) is 41.1 Å². The SMILES string of the molecule is Cc1ccc2c(c1)NCC(C(C)C)C(=O)N2. The Kier molecular flexibility index (Phi) is 2.86. The third-order valence-corrected chi connectivity index (χ3v) is 3.09. The molecule has 1 aromatic carbocycles. The Balaban J connectivity index is 2.29. The number of benzene rings is 1. The molecule has 1 amide bonds. The lowest BCUT2D eigenvalue weighted by molar-refractivity contribution is -0.120. The van der Waals surface area contributed by atoms with Gasteiger partial charge in [0, 0.05) is 6.54 Å². The normalized spacial score (nSPS) is 19.8. The van der Waals surface area contributed by atoms with Crippen LogP contribution in [0.2, 0.25) is 0 Å². The first-order valence-corrected chi connectivity index (χ1v) is 5.73. The number of hydrogen-bond donors (Lipinski definition) is 2. The number of hydrogen-bond acceptors (Lipinski definition) is 2. The summed E-state index contributed by atoms with van der Waals surface area (Å²) in [5.41, 5.74) is 3.11. The highest BCUT2D eigenvalue weighted by Crippen LogP contribution is 2.28. The van der Waals surface area contributed by atoms with Crippen LogP contribution in [-0.4, -0.2) is 12.5 Å². The van der Waals surface area contributed by atoms with Gasteiger partial charge in [0.1, 0.15) is 0 Å². The Morgan fingerprint density at radius 2 is 2.06 bits per heavy atom. The van der Waals surface area contributed by atoms with Crippen LogP contribution in [0.4, 0.5) is 11.4 Å². The Hall–Kier alpha value is -1.51. The molecular formula is C13H18N2O. The average Bonchev–Trinajstić information content (AvgIpc) is 2.36. The molecule has 2 N–H and O–H groups in total. The molecule has 2 rings (SSSR count). The lowest BCUT2D eigenvalue weighted by atomic mass is 9.95. The summed E-state index contributed by atoms with van der Waals surface area (Å²) in [6.07, 6.45) is 0. The van der Waals surface area contributed by atoms with Gasteiger partial charge < -0.3 is 10.6 Å². The number of amides is 1. The van der Waals surface area contributed by atoms with Crippen molar-refractivity contribution in [1.82, 2.24) is 0 Å². The van der Waals surface area contributed by atoms with Crippen LogP contribution < -0.4 is 10.6 Å². The largest absolute Gasteiger partial charge is 0.383 e. The second-order valence-corrected chi connectivity index (χ2v) is 4.77. The minimum atomic E-state index is 0.0349. The first-order valence-electron chi connectivity index (χ1n) is 5.73. The van der Waals surface area contributed by atoms with E-state index in [0.29, 0.717) is 12.5 Å². The van der Waals surface area contributed by atoms with E-state index in [9.17, 15) is 4.79 Å². The first kappa shape index (κ1) is 11.0. The maximum Gasteiger partial charge on any atom is 0.229 e. The molecule has 1 heterocycles. The highest BCUT2D eigenvalue weighted by atomic mass is 16.2. The third-order valence-electron chi connectivity index (χ3n) is 3.09.